The van der Waals surface area contributed by atoms with Crippen LogP contribution in [0.25, 0.3) is 22.0 Å². The zero-order valence-corrected chi connectivity index (χ0v) is 15.5. The van der Waals surface area contributed by atoms with E-state index in [4.69, 9.17) is 11.5 Å². The Balaban J connectivity index is 1.65. The zero-order chi connectivity index (χ0) is 20.4. The van der Waals surface area contributed by atoms with Gasteiger partial charge in [0.2, 0.25) is 11.8 Å². The Morgan fingerprint density at radius 2 is 1.97 bits per heavy atom. The van der Waals surface area contributed by atoms with Crippen molar-refractivity contribution in [2.75, 3.05) is 11.9 Å². The molecule has 1 atom stereocenters. The van der Waals surface area contributed by atoms with Gasteiger partial charge in [0.1, 0.15) is 0 Å². The number of primary amides is 1. The van der Waals surface area contributed by atoms with Crippen molar-refractivity contribution in [1.82, 2.24) is 15.2 Å². The third-order valence-corrected chi connectivity index (χ3v) is 4.91. The Labute approximate surface area is 166 Å². The first-order valence-corrected chi connectivity index (χ1v) is 9.08. The molecule has 4 aromatic rings. The largest absolute Gasteiger partial charge is 0.366 e. The Morgan fingerprint density at radius 1 is 1.14 bits per heavy atom. The first kappa shape index (κ1) is 18.5. The zero-order valence-electron chi connectivity index (χ0n) is 15.5. The minimum atomic E-state index is -0.618. The highest BCUT2D eigenvalue weighted by Gasteiger charge is 2.21. The van der Waals surface area contributed by atoms with Crippen molar-refractivity contribution in [3.63, 3.8) is 0 Å². The van der Waals surface area contributed by atoms with E-state index in [9.17, 15) is 9.59 Å². The lowest BCUT2D eigenvalue weighted by atomic mass is 9.96. The molecule has 0 radical (unpaired) electrons. The van der Waals surface area contributed by atoms with Crippen LogP contribution in [0, 0.1) is 0 Å². The van der Waals surface area contributed by atoms with Crippen LogP contribution in [0.15, 0.2) is 61.1 Å². The van der Waals surface area contributed by atoms with E-state index < -0.39 is 11.8 Å². The molecule has 2 amide bonds. The number of nitrogens with two attached hydrogens (primary N) is 2. The van der Waals surface area contributed by atoms with Gasteiger partial charge in [-0.05, 0) is 23.8 Å². The van der Waals surface area contributed by atoms with Crippen molar-refractivity contribution in [1.29, 1.82) is 0 Å². The number of anilines is 1. The molecule has 0 aliphatic heterocycles. The molecule has 2 heterocycles. The van der Waals surface area contributed by atoms with Crippen LogP contribution >= 0.6 is 0 Å². The summed E-state index contributed by atoms with van der Waals surface area (Å²) in [5.74, 6) is -1.43. The van der Waals surface area contributed by atoms with Gasteiger partial charge >= 0.3 is 0 Å². The number of aromatic amines is 2. The van der Waals surface area contributed by atoms with Gasteiger partial charge in [0.25, 0.3) is 0 Å². The van der Waals surface area contributed by atoms with E-state index in [0.717, 1.165) is 22.0 Å². The number of para-hydroxylation sites is 1. The van der Waals surface area contributed by atoms with E-state index in [1.165, 1.54) is 0 Å². The number of benzene rings is 2. The molecule has 8 nitrogen and oxygen atoms in total. The number of nitrogens with zero attached hydrogens (tertiary/aromatic N) is 1. The topological polar surface area (TPSA) is 143 Å². The summed E-state index contributed by atoms with van der Waals surface area (Å²) in [6, 6.07) is 12.3. The fourth-order valence-corrected chi connectivity index (χ4v) is 3.42. The summed E-state index contributed by atoms with van der Waals surface area (Å²) >= 11 is 0. The number of H-pyrrole nitrogens is 2. The van der Waals surface area contributed by atoms with Crippen molar-refractivity contribution in [2.24, 2.45) is 11.5 Å². The SMILES string of the molecule is NCC(C(=O)Nc1cccc2c(-c3cn[nH]c3)c[nH]c12)c1cccc(C(N)=O)c1. The molecule has 0 aliphatic rings. The van der Waals surface area contributed by atoms with Crippen molar-refractivity contribution < 1.29 is 9.59 Å². The smallest absolute Gasteiger partial charge is 0.248 e. The summed E-state index contributed by atoms with van der Waals surface area (Å²) < 4.78 is 0. The van der Waals surface area contributed by atoms with Gasteiger partial charge in [-0.25, -0.2) is 0 Å². The first-order valence-electron chi connectivity index (χ1n) is 9.08. The summed E-state index contributed by atoms with van der Waals surface area (Å²) in [5.41, 5.74) is 15.6. The second-order valence-corrected chi connectivity index (χ2v) is 6.68. The molecule has 0 spiro atoms. The number of carbonyl (C=O) groups excluding carboxylic acids is 2. The minimum absolute atomic E-state index is 0.0923. The van der Waals surface area contributed by atoms with Gasteiger partial charge in [-0.1, -0.05) is 24.3 Å². The van der Waals surface area contributed by atoms with Crippen LogP contribution in [0.2, 0.25) is 0 Å². The van der Waals surface area contributed by atoms with Crippen LogP contribution in [0.4, 0.5) is 5.69 Å². The van der Waals surface area contributed by atoms with Crippen LogP contribution in [0.3, 0.4) is 0 Å². The molecule has 146 valence electrons. The van der Waals surface area contributed by atoms with E-state index in [1.54, 1.807) is 30.5 Å². The third-order valence-electron chi connectivity index (χ3n) is 4.91. The van der Waals surface area contributed by atoms with Crippen molar-refractivity contribution in [3.05, 3.63) is 72.2 Å². The van der Waals surface area contributed by atoms with Crippen LogP contribution in [0.5, 0.6) is 0 Å². The highest BCUT2D eigenvalue weighted by Crippen LogP contribution is 2.32. The van der Waals surface area contributed by atoms with Crippen molar-refractivity contribution >= 4 is 28.4 Å². The van der Waals surface area contributed by atoms with Gasteiger partial charge in [0, 0.05) is 41.0 Å². The molecule has 0 saturated carbocycles. The summed E-state index contributed by atoms with van der Waals surface area (Å²) in [7, 11) is 0. The lowest BCUT2D eigenvalue weighted by molar-refractivity contribution is -0.117. The monoisotopic (exact) mass is 388 g/mol. The maximum absolute atomic E-state index is 13.0. The molecule has 0 saturated heterocycles. The summed E-state index contributed by atoms with van der Waals surface area (Å²) in [5, 5.41) is 10.7. The van der Waals surface area contributed by atoms with E-state index >= 15 is 0 Å². The van der Waals surface area contributed by atoms with Crippen molar-refractivity contribution in [2.45, 2.75) is 5.92 Å². The van der Waals surface area contributed by atoms with E-state index in [1.807, 2.05) is 30.6 Å². The third kappa shape index (κ3) is 3.48. The Hall–Kier alpha value is -3.91. The molecular formula is C21H20N6O2. The van der Waals surface area contributed by atoms with Gasteiger partial charge in [-0.15, -0.1) is 0 Å². The quantitative estimate of drug-likeness (QED) is 0.345. The molecule has 7 N–H and O–H groups in total. The number of fused-ring (bicyclic) bond motifs is 1. The second-order valence-electron chi connectivity index (χ2n) is 6.68. The molecule has 0 aliphatic carbocycles. The maximum atomic E-state index is 13.0. The highest BCUT2D eigenvalue weighted by molar-refractivity contribution is 6.07. The lowest BCUT2D eigenvalue weighted by Gasteiger charge is -2.16. The lowest BCUT2D eigenvalue weighted by Crippen LogP contribution is -2.27. The molecule has 1 unspecified atom stereocenters. The molecule has 2 aromatic heterocycles. The molecule has 8 heteroatoms. The number of amides is 2. The predicted octanol–water partition coefficient (Wildman–Crippen LogP) is 2.34. The first-order chi connectivity index (χ1) is 14.1. The molecule has 29 heavy (non-hydrogen) atoms. The van der Waals surface area contributed by atoms with Crippen LogP contribution in [-0.2, 0) is 4.79 Å². The van der Waals surface area contributed by atoms with E-state index in [0.29, 0.717) is 16.8 Å². The molecule has 4 rings (SSSR count). The van der Waals surface area contributed by atoms with Crippen LogP contribution in [0.1, 0.15) is 21.8 Å². The number of carbonyl (C=O) groups is 2. The maximum Gasteiger partial charge on any atom is 0.248 e. The summed E-state index contributed by atoms with van der Waals surface area (Å²) in [6.45, 7) is 0.0923. The van der Waals surface area contributed by atoms with Crippen LogP contribution in [-0.4, -0.2) is 33.5 Å². The van der Waals surface area contributed by atoms with E-state index in [-0.39, 0.29) is 12.5 Å². The summed E-state index contributed by atoms with van der Waals surface area (Å²) in [4.78, 5) is 27.6. The van der Waals surface area contributed by atoms with Gasteiger partial charge in [0.05, 0.1) is 23.3 Å². The second kappa shape index (κ2) is 7.61. The normalized spacial score (nSPS) is 12.0. The Kier molecular flexibility index (Phi) is 4.84. The van der Waals surface area contributed by atoms with Crippen molar-refractivity contribution in [3.8, 4) is 11.1 Å². The minimum Gasteiger partial charge on any atom is -0.366 e. The molecular weight excluding hydrogens is 368 g/mol. The predicted molar refractivity (Wildman–Crippen MR) is 111 cm³/mol. The Morgan fingerprint density at radius 3 is 2.69 bits per heavy atom. The number of hydrogen-bond acceptors (Lipinski definition) is 4. The number of nitrogens with one attached hydrogen (secondary N) is 3. The number of rotatable bonds is 6. The number of aromatic nitrogens is 3. The van der Waals surface area contributed by atoms with E-state index in [2.05, 4.69) is 20.5 Å². The Bertz CT molecular complexity index is 1180. The molecule has 0 fully saturated rings. The summed E-state index contributed by atoms with van der Waals surface area (Å²) in [6.07, 6.45) is 5.43. The average molecular weight is 388 g/mol. The van der Waals surface area contributed by atoms with Crippen LogP contribution < -0.4 is 16.8 Å². The standard InChI is InChI=1S/C21H20N6O2/c22-8-16(12-3-1-4-13(7-12)20(23)28)21(29)27-18-6-2-5-15-17(11-24-19(15)18)14-9-25-26-10-14/h1-7,9-11,16,24H,8,22H2,(H2,23,28)(H,25,26)(H,27,29). The molecule has 2 aromatic carbocycles. The molecule has 0 bridgehead atoms. The fourth-order valence-electron chi connectivity index (χ4n) is 3.42. The average Bonchev–Trinajstić information content (AvgIpc) is 3.39. The van der Waals surface area contributed by atoms with Gasteiger partial charge < -0.3 is 21.8 Å². The van der Waals surface area contributed by atoms with Gasteiger partial charge in [0.15, 0.2) is 0 Å². The number of hydrogen-bond donors (Lipinski definition) is 5. The fraction of sp³-hybridized carbons (Fsp3) is 0.0952. The van der Waals surface area contributed by atoms with Gasteiger partial charge in [-0.2, -0.15) is 5.10 Å². The van der Waals surface area contributed by atoms with Gasteiger partial charge in [-0.3, -0.25) is 14.7 Å². The highest BCUT2D eigenvalue weighted by atomic mass is 16.2.